The molecule has 0 spiro atoms. The minimum absolute atomic E-state index is 0.279. The smallest absolute Gasteiger partial charge is 0.364 e. The zero-order chi connectivity index (χ0) is 12.1. The third-order valence-corrected chi connectivity index (χ3v) is 1.55. The van der Waals surface area contributed by atoms with Crippen LogP contribution in [0.15, 0.2) is 29.4 Å². The SMILES string of the molecule is O=C(O)C(=NNc1ccc(F)cc1)C(=O)O. The van der Waals surface area contributed by atoms with Crippen molar-refractivity contribution >= 4 is 23.3 Å². The first kappa shape index (κ1) is 11.6. The van der Waals surface area contributed by atoms with E-state index < -0.39 is 23.5 Å². The molecule has 0 aliphatic carbocycles. The number of carboxylic acid groups (broad SMARTS) is 2. The van der Waals surface area contributed by atoms with Crippen molar-refractivity contribution in [2.45, 2.75) is 0 Å². The van der Waals surface area contributed by atoms with Gasteiger partial charge in [0.25, 0.3) is 5.71 Å². The lowest BCUT2D eigenvalue weighted by Gasteiger charge is -2.00. The highest BCUT2D eigenvalue weighted by atomic mass is 19.1. The Morgan fingerprint density at radius 3 is 2.06 bits per heavy atom. The van der Waals surface area contributed by atoms with E-state index in [4.69, 9.17) is 10.2 Å². The second kappa shape index (κ2) is 4.87. The van der Waals surface area contributed by atoms with Gasteiger partial charge in [-0.05, 0) is 24.3 Å². The van der Waals surface area contributed by atoms with Crippen molar-refractivity contribution in [2.75, 3.05) is 5.43 Å². The van der Waals surface area contributed by atoms with Crippen molar-refractivity contribution in [1.82, 2.24) is 0 Å². The first-order valence-corrected chi connectivity index (χ1v) is 4.06. The van der Waals surface area contributed by atoms with E-state index in [1.807, 2.05) is 0 Å². The number of hydrazone groups is 1. The fourth-order valence-corrected chi connectivity index (χ4v) is 0.832. The van der Waals surface area contributed by atoms with Gasteiger partial charge in [0.15, 0.2) is 0 Å². The maximum atomic E-state index is 12.5. The Morgan fingerprint density at radius 2 is 1.62 bits per heavy atom. The van der Waals surface area contributed by atoms with Gasteiger partial charge < -0.3 is 10.2 Å². The maximum absolute atomic E-state index is 12.5. The number of rotatable bonds is 4. The average Bonchev–Trinajstić information content (AvgIpc) is 2.20. The highest BCUT2D eigenvalue weighted by Crippen LogP contribution is 2.07. The van der Waals surface area contributed by atoms with Gasteiger partial charge in [-0.25, -0.2) is 14.0 Å². The molecule has 1 rings (SSSR count). The number of hydrogen-bond acceptors (Lipinski definition) is 4. The van der Waals surface area contributed by atoms with Crippen LogP contribution in [0.25, 0.3) is 0 Å². The van der Waals surface area contributed by atoms with Gasteiger partial charge in [0.2, 0.25) is 0 Å². The number of nitrogens with zero attached hydrogens (tertiary/aromatic N) is 1. The molecule has 0 aliphatic heterocycles. The van der Waals surface area contributed by atoms with E-state index in [1.54, 1.807) is 0 Å². The lowest BCUT2D eigenvalue weighted by molar-refractivity contribution is -0.134. The zero-order valence-electron chi connectivity index (χ0n) is 7.85. The van der Waals surface area contributed by atoms with Crippen molar-refractivity contribution in [3.63, 3.8) is 0 Å². The Bertz CT molecular complexity index is 425. The van der Waals surface area contributed by atoms with Crippen LogP contribution in [0.3, 0.4) is 0 Å². The van der Waals surface area contributed by atoms with Crippen molar-refractivity contribution in [3.05, 3.63) is 30.1 Å². The van der Waals surface area contributed by atoms with Crippen LogP contribution < -0.4 is 5.43 Å². The molecule has 0 unspecified atom stereocenters. The van der Waals surface area contributed by atoms with Gasteiger partial charge in [-0.15, -0.1) is 0 Å². The predicted molar refractivity (Wildman–Crippen MR) is 52.7 cm³/mol. The van der Waals surface area contributed by atoms with E-state index in [9.17, 15) is 14.0 Å². The van der Waals surface area contributed by atoms with Crippen LogP contribution in [0, 0.1) is 5.82 Å². The number of carbonyl (C=O) groups is 2. The van der Waals surface area contributed by atoms with E-state index in [0.29, 0.717) is 0 Å². The second-order valence-electron chi connectivity index (χ2n) is 2.69. The lowest BCUT2D eigenvalue weighted by atomic mass is 10.3. The van der Waals surface area contributed by atoms with Crippen LogP contribution in [0.1, 0.15) is 0 Å². The minimum Gasteiger partial charge on any atom is -0.476 e. The number of benzene rings is 1. The van der Waals surface area contributed by atoms with Gasteiger partial charge in [0.1, 0.15) is 5.82 Å². The van der Waals surface area contributed by atoms with Crippen LogP contribution in [-0.4, -0.2) is 27.9 Å². The van der Waals surface area contributed by atoms with E-state index in [1.165, 1.54) is 12.1 Å². The van der Waals surface area contributed by atoms with Crippen LogP contribution in [0.4, 0.5) is 10.1 Å². The zero-order valence-corrected chi connectivity index (χ0v) is 7.85. The van der Waals surface area contributed by atoms with Crippen molar-refractivity contribution in [2.24, 2.45) is 5.10 Å². The number of hydrogen-bond donors (Lipinski definition) is 3. The monoisotopic (exact) mass is 226 g/mol. The first-order chi connectivity index (χ1) is 7.50. The molecule has 0 bridgehead atoms. The topological polar surface area (TPSA) is 99.0 Å². The fourth-order valence-electron chi connectivity index (χ4n) is 0.832. The van der Waals surface area contributed by atoms with Crippen LogP contribution >= 0.6 is 0 Å². The number of halogens is 1. The third-order valence-electron chi connectivity index (χ3n) is 1.55. The van der Waals surface area contributed by atoms with Gasteiger partial charge in [-0.1, -0.05) is 0 Å². The predicted octanol–water partition coefficient (Wildman–Crippen LogP) is 0.763. The van der Waals surface area contributed by atoms with Gasteiger partial charge in [0.05, 0.1) is 5.69 Å². The Hall–Kier alpha value is -2.44. The Balaban J connectivity index is 2.81. The molecule has 3 N–H and O–H groups in total. The summed E-state index contributed by atoms with van der Waals surface area (Å²) < 4.78 is 12.5. The first-order valence-electron chi connectivity index (χ1n) is 4.06. The summed E-state index contributed by atoms with van der Waals surface area (Å²) in [5, 5.41) is 20.1. The number of aliphatic carboxylic acids is 2. The van der Waals surface area contributed by atoms with Gasteiger partial charge in [0, 0.05) is 0 Å². The molecular weight excluding hydrogens is 219 g/mol. The lowest BCUT2D eigenvalue weighted by Crippen LogP contribution is -2.24. The fraction of sp³-hybridized carbons (Fsp3) is 0. The summed E-state index contributed by atoms with van der Waals surface area (Å²) in [5.41, 5.74) is 1.42. The molecule has 6 nitrogen and oxygen atoms in total. The highest BCUT2D eigenvalue weighted by molar-refractivity contribution is 6.61. The molecule has 0 aliphatic rings. The average molecular weight is 226 g/mol. The van der Waals surface area contributed by atoms with Gasteiger partial charge in [-0.2, -0.15) is 5.10 Å². The highest BCUT2D eigenvalue weighted by Gasteiger charge is 2.18. The van der Waals surface area contributed by atoms with Crippen LogP contribution in [0.5, 0.6) is 0 Å². The maximum Gasteiger partial charge on any atom is 0.364 e. The van der Waals surface area contributed by atoms with E-state index in [2.05, 4.69) is 10.5 Å². The molecule has 0 fully saturated rings. The quantitative estimate of drug-likeness (QED) is 0.400. The van der Waals surface area contributed by atoms with Crippen molar-refractivity contribution in [3.8, 4) is 0 Å². The summed E-state index contributed by atoms with van der Waals surface area (Å²) in [5.74, 6) is -3.80. The van der Waals surface area contributed by atoms with Crippen LogP contribution in [-0.2, 0) is 9.59 Å². The summed E-state index contributed by atoms with van der Waals surface area (Å²) in [6, 6.07) is 4.83. The van der Waals surface area contributed by atoms with Crippen molar-refractivity contribution in [1.29, 1.82) is 0 Å². The molecule has 7 heteroatoms. The minimum atomic E-state index is -1.66. The largest absolute Gasteiger partial charge is 0.476 e. The Kier molecular flexibility index (Phi) is 3.54. The number of carboxylic acids is 2. The summed E-state index contributed by atoms with van der Waals surface area (Å²) in [4.78, 5) is 20.8. The molecule has 84 valence electrons. The summed E-state index contributed by atoms with van der Waals surface area (Å²) in [6.45, 7) is 0. The molecule has 16 heavy (non-hydrogen) atoms. The molecular formula is C9H7FN2O4. The molecule has 0 amide bonds. The molecule has 0 atom stereocenters. The van der Waals surface area contributed by atoms with Crippen LogP contribution in [0.2, 0.25) is 0 Å². The number of nitrogens with one attached hydrogen (secondary N) is 1. The van der Waals surface area contributed by atoms with Gasteiger partial charge in [-0.3, -0.25) is 5.43 Å². The third kappa shape index (κ3) is 3.05. The molecule has 0 saturated carbocycles. The standard InChI is InChI=1S/C9H7FN2O4/c10-5-1-3-6(4-2-5)11-12-7(8(13)14)9(15)16/h1-4,11H,(H,13,14)(H,15,16). The van der Waals surface area contributed by atoms with E-state index in [0.717, 1.165) is 12.1 Å². The molecule has 0 radical (unpaired) electrons. The summed E-state index contributed by atoms with van der Waals surface area (Å²) >= 11 is 0. The Labute approximate surface area is 89.0 Å². The van der Waals surface area contributed by atoms with Crippen molar-refractivity contribution < 1.29 is 24.2 Å². The normalized spacial score (nSPS) is 9.31. The molecule has 0 aromatic heterocycles. The summed E-state index contributed by atoms with van der Waals surface area (Å²) in [7, 11) is 0. The molecule has 1 aromatic rings. The second-order valence-corrected chi connectivity index (χ2v) is 2.69. The van der Waals surface area contributed by atoms with E-state index in [-0.39, 0.29) is 5.69 Å². The summed E-state index contributed by atoms with van der Waals surface area (Å²) in [6.07, 6.45) is 0. The van der Waals surface area contributed by atoms with Gasteiger partial charge >= 0.3 is 11.9 Å². The van der Waals surface area contributed by atoms with E-state index >= 15 is 0 Å². The molecule has 0 saturated heterocycles. The Morgan fingerprint density at radius 1 is 1.12 bits per heavy atom. The number of anilines is 1. The molecule has 0 heterocycles. The molecule has 1 aromatic carbocycles.